The first-order chi connectivity index (χ1) is 10.1. The number of carboxylic acid groups (broad SMARTS) is 1. The molecule has 7 heteroatoms. The highest BCUT2D eigenvalue weighted by Gasteiger charge is 2.29. The van der Waals surface area contributed by atoms with E-state index in [1.54, 1.807) is 0 Å². The predicted molar refractivity (Wildman–Crippen MR) is 77.1 cm³/mol. The second-order valence-corrected chi connectivity index (χ2v) is 5.57. The summed E-state index contributed by atoms with van der Waals surface area (Å²) in [5, 5.41) is 9.18. The second kappa shape index (κ2) is 7.72. The van der Waals surface area contributed by atoms with Crippen molar-refractivity contribution in [2.24, 2.45) is 0 Å². The molecular formula is C14H25N3O4. The molecule has 0 aromatic heterocycles. The molecule has 2 aliphatic rings. The van der Waals surface area contributed by atoms with Gasteiger partial charge in [-0.1, -0.05) is 6.92 Å². The summed E-state index contributed by atoms with van der Waals surface area (Å²) in [7, 11) is 0. The Bertz CT molecular complexity index is 363. The van der Waals surface area contributed by atoms with E-state index < -0.39 is 12.0 Å². The molecule has 0 aliphatic carbocycles. The van der Waals surface area contributed by atoms with Gasteiger partial charge in [0.05, 0.1) is 19.8 Å². The molecule has 1 unspecified atom stereocenters. The van der Waals surface area contributed by atoms with E-state index in [4.69, 9.17) is 4.74 Å². The van der Waals surface area contributed by atoms with Gasteiger partial charge in [0.1, 0.15) is 6.04 Å². The Hall–Kier alpha value is -1.18. The first-order valence-corrected chi connectivity index (χ1v) is 7.66. The highest BCUT2D eigenvalue weighted by molar-refractivity contribution is 5.78. The smallest absolute Gasteiger partial charge is 0.320 e. The van der Waals surface area contributed by atoms with Crippen molar-refractivity contribution in [3.8, 4) is 0 Å². The van der Waals surface area contributed by atoms with Crippen LogP contribution in [0.2, 0.25) is 0 Å². The molecule has 120 valence electrons. The van der Waals surface area contributed by atoms with Gasteiger partial charge >= 0.3 is 5.97 Å². The molecule has 2 saturated heterocycles. The van der Waals surface area contributed by atoms with Crippen molar-refractivity contribution in [2.45, 2.75) is 19.4 Å². The van der Waals surface area contributed by atoms with E-state index in [0.29, 0.717) is 52.4 Å². The molecule has 0 saturated carbocycles. The van der Waals surface area contributed by atoms with Crippen LogP contribution in [0.5, 0.6) is 0 Å². The Balaban J connectivity index is 1.77. The molecule has 1 amide bonds. The van der Waals surface area contributed by atoms with Crippen molar-refractivity contribution < 1.29 is 19.4 Å². The summed E-state index contributed by atoms with van der Waals surface area (Å²) in [5.41, 5.74) is 0. The van der Waals surface area contributed by atoms with E-state index in [0.717, 1.165) is 13.1 Å². The summed E-state index contributed by atoms with van der Waals surface area (Å²) in [5.74, 6) is -0.634. The number of nitrogens with zero attached hydrogens (tertiary/aromatic N) is 3. The number of amides is 1. The topological polar surface area (TPSA) is 73.3 Å². The summed E-state index contributed by atoms with van der Waals surface area (Å²) in [4.78, 5) is 29.3. The van der Waals surface area contributed by atoms with E-state index in [1.807, 2.05) is 16.7 Å². The maximum absolute atomic E-state index is 12.3. The Labute approximate surface area is 125 Å². The van der Waals surface area contributed by atoms with E-state index in [9.17, 15) is 14.7 Å². The number of hydrogen-bond donors (Lipinski definition) is 1. The maximum atomic E-state index is 12.3. The average molecular weight is 299 g/mol. The third-order valence-corrected chi connectivity index (χ3v) is 4.24. The molecule has 2 heterocycles. The number of carbonyl (C=O) groups is 2. The van der Waals surface area contributed by atoms with Crippen molar-refractivity contribution in [3.05, 3.63) is 0 Å². The number of aliphatic carboxylic acids is 1. The molecule has 0 radical (unpaired) electrons. The number of morpholine rings is 1. The molecule has 2 aliphatic heterocycles. The number of carboxylic acids is 1. The van der Waals surface area contributed by atoms with Gasteiger partial charge in [0.15, 0.2) is 0 Å². The van der Waals surface area contributed by atoms with Gasteiger partial charge in [-0.05, 0) is 6.42 Å². The Kier molecular flexibility index (Phi) is 5.96. The molecule has 0 spiro atoms. The van der Waals surface area contributed by atoms with Crippen LogP contribution in [-0.4, -0.2) is 96.8 Å². The van der Waals surface area contributed by atoms with Crippen molar-refractivity contribution in [1.29, 1.82) is 0 Å². The first-order valence-electron chi connectivity index (χ1n) is 7.66. The van der Waals surface area contributed by atoms with E-state index in [1.165, 1.54) is 0 Å². The predicted octanol–water partition coefficient (Wildman–Crippen LogP) is -0.674. The lowest BCUT2D eigenvalue weighted by atomic mass is 10.1. The summed E-state index contributed by atoms with van der Waals surface area (Å²) < 4.78 is 5.27. The van der Waals surface area contributed by atoms with Gasteiger partial charge in [-0.3, -0.25) is 19.4 Å². The van der Waals surface area contributed by atoms with Crippen LogP contribution < -0.4 is 0 Å². The van der Waals surface area contributed by atoms with Crippen molar-refractivity contribution in [1.82, 2.24) is 14.7 Å². The molecule has 21 heavy (non-hydrogen) atoms. The molecule has 2 fully saturated rings. The summed E-state index contributed by atoms with van der Waals surface area (Å²) in [6.45, 7) is 7.84. The van der Waals surface area contributed by atoms with Crippen LogP contribution in [0, 0.1) is 0 Å². The van der Waals surface area contributed by atoms with Crippen LogP contribution >= 0.6 is 0 Å². The lowest BCUT2D eigenvalue weighted by Gasteiger charge is -2.38. The number of rotatable bonds is 5. The highest BCUT2D eigenvalue weighted by atomic mass is 16.5. The Morgan fingerprint density at radius 3 is 2.24 bits per heavy atom. The molecule has 0 bridgehead atoms. The fraction of sp³-hybridized carbons (Fsp3) is 0.857. The van der Waals surface area contributed by atoms with Crippen LogP contribution in [0.4, 0.5) is 0 Å². The van der Waals surface area contributed by atoms with Crippen molar-refractivity contribution in [2.75, 3.05) is 59.0 Å². The summed E-state index contributed by atoms with van der Waals surface area (Å²) in [6.07, 6.45) is 0.594. The van der Waals surface area contributed by atoms with E-state index in [2.05, 4.69) is 4.90 Å². The zero-order chi connectivity index (χ0) is 15.2. The number of ether oxygens (including phenoxy) is 1. The van der Waals surface area contributed by atoms with Crippen LogP contribution in [0.15, 0.2) is 0 Å². The Morgan fingerprint density at radius 1 is 1.10 bits per heavy atom. The normalized spacial score (nSPS) is 23.0. The monoisotopic (exact) mass is 299 g/mol. The van der Waals surface area contributed by atoms with Gasteiger partial charge in [-0.25, -0.2) is 0 Å². The van der Waals surface area contributed by atoms with Gasteiger partial charge in [-0.15, -0.1) is 0 Å². The minimum Gasteiger partial charge on any atom is -0.480 e. The number of hydrogen-bond acceptors (Lipinski definition) is 5. The largest absolute Gasteiger partial charge is 0.480 e. The molecule has 0 aromatic rings. The SMILES string of the molecule is CCC(C(=O)O)N1CCN(C(=O)CN2CCOCC2)CC1. The van der Waals surface area contributed by atoms with Gasteiger partial charge < -0.3 is 14.7 Å². The van der Waals surface area contributed by atoms with Gasteiger partial charge in [0, 0.05) is 39.3 Å². The minimum absolute atomic E-state index is 0.139. The third-order valence-electron chi connectivity index (χ3n) is 4.24. The zero-order valence-electron chi connectivity index (χ0n) is 12.7. The minimum atomic E-state index is -0.773. The third kappa shape index (κ3) is 4.39. The van der Waals surface area contributed by atoms with Gasteiger partial charge in [0.25, 0.3) is 0 Å². The second-order valence-electron chi connectivity index (χ2n) is 5.57. The summed E-state index contributed by atoms with van der Waals surface area (Å²) in [6, 6.07) is -0.429. The molecule has 1 N–H and O–H groups in total. The summed E-state index contributed by atoms with van der Waals surface area (Å²) >= 11 is 0. The lowest BCUT2D eigenvalue weighted by Crippen LogP contribution is -2.55. The number of piperazine rings is 1. The van der Waals surface area contributed by atoms with E-state index >= 15 is 0 Å². The molecule has 0 aromatic carbocycles. The molecule has 1 atom stereocenters. The molecular weight excluding hydrogens is 274 g/mol. The average Bonchev–Trinajstić information content (AvgIpc) is 2.49. The van der Waals surface area contributed by atoms with Crippen molar-refractivity contribution in [3.63, 3.8) is 0 Å². The van der Waals surface area contributed by atoms with Gasteiger partial charge in [-0.2, -0.15) is 0 Å². The quantitative estimate of drug-likeness (QED) is 0.725. The fourth-order valence-electron chi connectivity index (χ4n) is 2.92. The fourth-order valence-corrected chi connectivity index (χ4v) is 2.92. The van der Waals surface area contributed by atoms with Crippen LogP contribution in [0.25, 0.3) is 0 Å². The van der Waals surface area contributed by atoms with Crippen LogP contribution in [0.3, 0.4) is 0 Å². The standard InChI is InChI=1S/C14H25N3O4/c1-2-12(14(19)20)16-3-5-17(6-4-16)13(18)11-15-7-9-21-10-8-15/h12H,2-11H2,1H3,(H,19,20). The van der Waals surface area contributed by atoms with Gasteiger partial charge in [0.2, 0.25) is 5.91 Å². The first kappa shape index (κ1) is 16.2. The lowest BCUT2D eigenvalue weighted by molar-refractivity contribution is -0.145. The zero-order valence-corrected chi connectivity index (χ0v) is 12.7. The van der Waals surface area contributed by atoms with Crippen LogP contribution in [-0.2, 0) is 14.3 Å². The van der Waals surface area contributed by atoms with Crippen molar-refractivity contribution >= 4 is 11.9 Å². The number of carbonyl (C=O) groups excluding carboxylic acids is 1. The highest BCUT2D eigenvalue weighted by Crippen LogP contribution is 2.10. The maximum Gasteiger partial charge on any atom is 0.320 e. The Morgan fingerprint density at radius 2 is 1.71 bits per heavy atom. The van der Waals surface area contributed by atoms with E-state index in [-0.39, 0.29) is 5.91 Å². The van der Waals surface area contributed by atoms with Crippen LogP contribution in [0.1, 0.15) is 13.3 Å². The molecule has 7 nitrogen and oxygen atoms in total. The molecule has 2 rings (SSSR count).